The Labute approximate surface area is 110 Å². The summed E-state index contributed by atoms with van der Waals surface area (Å²) in [7, 11) is 0. The number of carboxylic acid groups (broad SMARTS) is 1. The molecule has 0 aromatic carbocycles. The van der Waals surface area contributed by atoms with E-state index in [2.05, 4.69) is 31.5 Å². The molecule has 0 bridgehead atoms. The van der Waals surface area contributed by atoms with E-state index in [-0.39, 0.29) is 6.54 Å². The highest BCUT2D eigenvalue weighted by molar-refractivity contribution is 9.10. The summed E-state index contributed by atoms with van der Waals surface area (Å²) in [5, 5.41) is 20.5. The molecule has 2 aromatic heterocycles. The van der Waals surface area contributed by atoms with Crippen molar-refractivity contribution in [2.45, 2.75) is 19.4 Å². The van der Waals surface area contributed by atoms with Gasteiger partial charge in [0.25, 0.3) is 0 Å². The SMILES string of the molecule is O=C(O)C1(Cn2nnnc2-c2ccoc2Br)CC1. The van der Waals surface area contributed by atoms with Gasteiger partial charge >= 0.3 is 5.97 Å². The van der Waals surface area contributed by atoms with Crippen molar-refractivity contribution >= 4 is 21.9 Å². The molecular formula is C10H9BrN4O3. The van der Waals surface area contributed by atoms with Crippen LogP contribution in [-0.4, -0.2) is 31.3 Å². The van der Waals surface area contributed by atoms with Crippen LogP contribution in [0.3, 0.4) is 0 Å². The van der Waals surface area contributed by atoms with Crippen LogP contribution in [0.25, 0.3) is 11.4 Å². The number of hydrogen-bond donors (Lipinski definition) is 1. The highest BCUT2D eigenvalue weighted by Gasteiger charge is 2.51. The van der Waals surface area contributed by atoms with E-state index in [4.69, 9.17) is 9.52 Å². The molecule has 0 radical (unpaired) electrons. The Morgan fingerprint density at radius 1 is 1.61 bits per heavy atom. The van der Waals surface area contributed by atoms with Crippen LogP contribution in [0.1, 0.15) is 12.8 Å². The normalized spacial score (nSPS) is 16.7. The Balaban J connectivity index is 1.94. The second-order valence-corrected chi connectivity index (χ2v) is 5.07. The molecule has 2 aromatic rings. The largest absolute Gasteiger partial charge is 0.481 e. The van der Waals surface area contributed by atoms with Crippen molar-refractivity contribution < 1.29 is 14.3 Å². The number of carboxylic acids is 1. The molecule has 0 atom stereocenters. The minimum atomic E-state index is -0.796. The van der Waals surface area contributed by atoms with E-state index in [1.165, 1.54) is 10.9 Å². The maximum absolute atomic E-state index is 11.2. The lowest BCUT2D eigenvalue weighted by atomic mass is 10.1. The molecule has 3 rings (SSSR count). The van der Waals surface area contributed by atoms with E-state index in [0.29, 0.717) is 28.9 Å². The fraction of sp³-hybridized carbons (Fsp3) is 0.400. The number of rotatable bonds is 4. The molecule has 8 heteroatoms. The van der Waals surface area contributed by atoms with Crippen molar-refractivity contribution in [2.24, 2.45) is 5.41 Å². The van der Waals surface area contributed by atoms with Crippen molar-refractivity contribution in [3.05, 3.63) is 17.0 Å². The van der Waals surface area contributed by atoms with Gasteiger partial charge in [0.2, 0.25) is 0 Å². The fourth-order valence-corrected chi connectivity index (χ4v) is 2.25. The molecule has 18 heavy (non-hydrogen) atoms. The summed E-state index contributed by atoms with van der Waals surface area (Å²) in [6.45, 7) is 0.280. The summed E-state index contributed by atoms with van der Waals surface area (Å²) in [6.07, 6.45) is 2.84. The summed E-state index contributed by atoms with van der Waals surface area (Å²) in [5.74, 6) is -0.293. The molecule has 0 unspecified atom stereocenters. The maximum atomic E-state index is 11.2. The third-order valence-corrected chi connectivity index (χ3v) is 3.76. The number of carbonyl (C=O) groups is 1. The van der Waals surface area contributed by atoms with Gasteiger partial charge in [-0.25, -0.2) is 4.68 Å². The van der Waals surface area contributed by atoms with Gasteiger partial charge in [0, 0.05) is 0 Å². The van der Waals surface area contributed by atoms with E-state index in [9.17, 15) is 4.79 Å². The van der Waals surface area contributed by atoms with Crippen molar-refractivity contribution in [3.8, 4) is 11.4 Å². The molecule has 7 nitrogen and oxygen atoms in total. The quantitative estimate of drug-likeness (QED) is 0.920. The molecule has 0 aliphatic heterocycles. The molecule has 1 N–H and O–H groups in total. The van der Waals surface area contributed by atoms with Gasteiger partial charge < -0.3 is 9.52 Å². The van der Waals surface area contributed by atoms with Gasteiger partial charge in [0.1, 0.15) is 0 Å². The van der Waals surface area contributed by atoms with Crippen LogP contribution in [0, 0.1) is 5.41 Å². The monoisotopic (exact) mass is 312 g/mol. The zero-order valence-electron chi connectivity index (χ0n) is 9.21. The molecule has 0 saturated heterocycles. The van der Waals surface area contributed by atoms with Crippen LogP contribution in [-0.2, 0) is 11.3 Å². The lowest BCUT2D eigenvalue weighted by Crippen LogP contribution is -2.22. The lowest BCUT2D eigenvalue weighted by molar-refractivity contribution is -0.144. The average molecular weight is 313 g/mol. The number of furan rings is 1. The highest BCUT2D eigenvalue weighted by atomic mass is 79.9. The first kappa shape index (κ1) is 11.4. The van der Waals surface area contributed by atoms with E-state index in [1.54, 1.807) is 6.07 Å². The number of tetrazole rings is 1. The van der Waals surface area contributed by atoms with Crippen LogP contribution in [0.4, 0.5) is 0 Å². The molecular weight excluding hydrogens is 304 g/mol. The minimum absolute atomic E-state index is 0.280. The third-order valence-electron chi connectivity index (χ3n) is 3.15. The van der Waals surface area contributed by atoms with Crippen LogP contribution < -0.4 is 0 Å². The Morgan fingerprint density at radius 3 is 2.94 bits per heavy atom. The van der Waals surface area contributed by atoms with Crippen molar-refractivity contribution in [1.82, 2.24) is 20.2 Å². The van der Waals surface area contributed by atoms with E-state index >= 15 is 0 Å². The van der Waals surface area contributed by atoms with Gasteiger partial charge in [0.05, 0.1) is 23.8 Å². The molecule has 0 spiro atoms. The van der Waals surface area contributed by atoms with Crippen LogP contribution >= 0.6 is 15.9 Å². The van der Waals surface area contributed by atoms with E-state index in [1.807, 2.05) is 0 Å². The number of halogens is 1. The maximum Gasteiger partial charge on any atom is 0.311 e. The Kier molecular flexibility index (Phi) is 2.47. The number of nitrogens with zero attached hydrogens (tertiary/aromatic N) is 4. The Hall–Kier alpha value is -1.70. The molecule has 1 aliphatic carbocycles. The van der Waals surface area contributed by atoms with E-state index < -0.39 is 11.4 Å². The average Bonchev–Trinajstić information content (AvgIpc) is 2.77. The zero-order valence-corrected chi connectivity index (χ0v) is 10.8. The van der Waals surface area contributed by atoms with Crippen LogP contribution in [0.5, 0.6) is 0 Å². The molecule has 0 amide bonds. The summed E-state index contributed by atoms with van der Waals surface area (Å²) in [5.41, 5.74) is 0.00144. The van der Waals surface area contributed by atoms with Gasteiger partial charge in [-0.2, -0.15) is 0 Å². The van der Waals surface area contributed by atoms with Crippen LogP contribution in [0.2, 0.25) is 0 Å². The highest BCUT2D eigenvalue weighted by Crippen LogP contribution is 2.47. The fourth-order valence-electron chi connectivity index (χ4n) is 1.83. The summed E-state index contributed by atoms with van der Waals surface area (Å²) in [4.78, 5) is 11.2. The Morgan fingerprint density at radius 2 is 2.39 bits per heavy atom. The molecule has 94 valence electrons. The smallest absolute Gasteiger partial charge is 0.311 e. The number of aliphatic carboxylic acids is 1. The van der Waals surface area contributed by atoms with Gasteiger partial charge in [-0.1, -0.05) is 0 Å². The summed E-state index contributed by atoms with van der Waals surface area (Å²) >= 11 is 3.25. The van der Waals surface area contributed by atoms with Crippen LogP contribution in [0.15, 0.2) is 21.4 Å². The third kappa shape index (κ3) is 1.72. The summed E-state index contributed by atoms with van der Waals surface area (Å²) < 4.78 is 7.17. The topological polar surface area (TPSA) is 94.0 Å². The van der Waals surface area contributed by atoms with Crippen molar-refractivity contribution in [2.75, 3.05) is 0 Å². The molecule has 1 saturated carbocycles. The van der Waals surface area contributed by atoms with E-state index in [0.717, 1.165) is 0 Å². The Bertz CT molecular complexity index is 602. The predicted octanol–water partition coefficient (Wildman–Crippen LogP) is 1.56. The number of hydrogen-bond acceptors (Lipinski definition) is 5. The zero-order chi connectivity index (χ0) is 12.8. The first-order chi connectivity index (χ1) is 8.62. The standard InChI is InChI=1S/C10H9BrN4O3/c11-7-6(1-4-18-7)8-12-13-14-15(8)5-10(2-3-10)9(16)17/h1,4H,2-3,5H2,(H,16,17). The van der Waals surface area contributed by atoms with Crippen molar-refractivity contribution in [3.63, 3.8) is 0 Å². The first-order valence-electron chi connectivity index (χ1n) is 5.35. The van der Waals surface area contributed by atoms with Gasteiger partial charge in [-0.15, -0.1) is 5.10 Å². The minimum Gasteiger partial charge on any atom is -0.481 e. The van der Waals surface area contributed by atoms with Crippen molar-refractivity contribution in [1.29, 1.82) is 0 Å². The number of aromatic nitrogens is 4. The molecule has 1 fully saturated rings. The van der Waals surface area contributed by atoms with Gasteiger partial charge in [0.15, 0.2) is 10.5 Å². The predicted molar refractivity (Wildman–Crippen MR) is 62.5 cm³/mol. The second-order valence-electron chi connectivity index (χ2n) is 4.35. The first-order valence-corrected chi connectivity index (χ1v) is 6.15. The van der Waals surface area contributed by atoms with Gasteiger partial charge in [-0.05, 0) is 45.3 Å². The summed E-state index contributed by atoms with van der Waals surface area (Å²) in [6, 6.07) is 1.73. The molecule has 2 heterocycles. The second kappa shape index (κ2) is 3.91. The molecule has 1 aliphatic rings. The lowest BCUT2D eigenvalue weighted by Gasteiger charge is -2.09. The van der Waals surface area contributed by atoms with Gasteiger partial charge in [-0.3, -0.25) is 4.79 Å².